The Morgan fingerprint density at radius 2 is 0.889 bits per heavy atom. The molecule has 0 aliphatic carbocycles. The lowest BCUT2D eigenvalue weighted by atomic mass is 9.74. The minimum Gasteiger partial charge on any atom is -0.262 e. The highest BCUT2D eigenvalue weighted by Crippen LogP contribution is 2.47. The summed E-state index contributed by atoms with van der Waals surface area (Å²) in [4.78, 5) is 0. The van der Waals surface area contributed by atoms with Crippen molar-refractivity contribution < 1.29 is 16.4 Å². The second-order valence-corrected chi connectivity index (χ2v) is 13.9. The summed E-state index contributed by atoms with van der Waals surface area (Å²) in [7, 11) is -11.1. The van der Waals surface area contributed by atoms with Crippen LogP contribution < -0.4 is 0 Å². The SMILES string of the molecule is CC(C)(C)C1=C[Si](F)(F)[Si](F)(F)C=C1C(C)(C)C. The van der Waals surface area contributed by atoms with Gasteiger partial charge in [0.05, 0.1) is 0 Å². The third-order valence-corrected chi connectivity index (χ3v) is 8.73. The van der Waals surface area contributed by atoms with Crippen molar-refractivity contribution in [3.63, 3.8) is 0 Å². The van der Waals surface area contributed by atoms with Crippen LogP contribution in [0.15, 0.2) is 22.5 Å². The molecule has 1 aliphatic heterocycles. The van der Waals surface area contributed by atoms with Crippen LogP contribution in [0.3, 0.4) is 0 Å². The average Bonchev–Trinajstić information content (AvgIpc) is 2.05. The van der Waals surface area contributed by atoms with E-state index in [4.69, 9.17) is 0 Å². The normalized spacial score (nSPS) is 23.4. The summed E-state index contributed by atoms with van der Waals surface area (Å²) in [5, 5.41) is 0. The van der Waals surface area contributed by atoms with Crippen molar-refractivity contribution in [2.24, 2.45) is 10.8 Å². The van der Waals surface area contributed by atoms with Gasteiger partial charge in [-0.1, -0.05) is 41.5 Å². The Morgan fingerprint density at radius 3 is 1.06 bits per heavy atom. The van der Waals surface area contributed by atoms with E-state index in [2.05, 4.69) is 0 Å². The van der Waals surface area contributed by atoms with Crippen molar-refractivity contribution in [1.82, 2.24) is 0 Å². The molecule has 0 nitrogen and oxygen atoms in total. The Labute approximate surface area is 108 Å². The summed E-state index contributed by atoms with van der Waals surface area (Å²) < 4.78 is 54.6. The van der Waals surface area contributed by atoms with E-state index in [9.17, 15) is 16.4 Å². The molecule has 0 saturated carbocycles. The van der Waals surface area contributed by atoms with Crippen molar-refractivity contribution >= 4 is 16.5 Å². The second kappa shape index (κ2) is 4.06. The van der Waals surface area contributed by atoms with Crippen LogP contribution in [-0.2, 0) is 0 Å². The smallest absolute Gasteiger partial charge is 0.262 e. The largest absolute Gasteiger partial charge is 0.504 e. The summed E-state index contributed by atoms with van der Waals surface area (Å²) in [6.07, 6.45) is 0. The number of hydrogen-bond donors (Lipinski definition) is 0. The first-order chi connectivity index (χ1) is 7.68. The lowest BCUT2D eigenvalue weighted by Gasteiger charge is -2.37. The topological polar surface area (TPSA) is 0 Å². The minimum absolute atomic E-state index is 0.394. The second-order valence-electron chi connectivity index (χ2n) is 6.86. The predicted octanol–water partition coefficient (Wildman–Crippen LogP) is 4.86. The monoisotopic (exact) mass is 296 g/mol. The van der Waals surface area contributed by atoms with Gasteiger partial charge < -0.3 is 0 Å². The van der Waals surface area contributed by atoms with Crippen molar-refractivity contribution in [2.75, 3.05) is 0 Å². The molecule has 0 aromatic carbocycles. The van der Waals surface area contributed by atoms with Gasteiger partial charge >= 0.3 is 16.5 Å². The molecular weight excluding hydrogens is 276 g/mol. The molecule has 0 spiro atoms. The first-order valence-electron chi connectivity index (χ1n) is 5.91. The molecule has 104 valence electrons. The quantitative estimate of drug-likeness (QED) is 0.340. The summed E-state index contributed by atoms with van der Waals surface area (Å²) in [6.45, 7) is 10.7. The lowest BCUT2D eigenvalue weighted by molar-refractivity contribution is 0.441. The molecule has 1 heterocycles. The van der Waals surface area contributed by atoms with Gasteiger partial charge in [0.2, 0.25) is 0 Å². The summed E-state index contributed by atoms with van der Waals surface area (Å²) >= 11 is 0. The van der Waals surface area contributed by atoms with Gasteiger partial charge in [0.1, 0.15) is 0 Å². The maximum atomic E-state index is 13.7. The van der Waals surface area contributed by atoms with Crippen molar-refractivity contribution in [3.8, 4) is 0 Å². The molecule has 0 fully saturated rings. The fourth-order valence-electron chi connectivity index (χ4n) is 1.95. The molecule has 0 aromatic rings. The molecule has 6 heteroatoms. The highest BCUT2D eigenvalue weighted by atomic mass is 29.3. The van der Waals surface area contributed by atoms with Gasteiger partial charge in [-0.25, -0.2) is 0 Å². The van der Waals surface area contributed by atoms with Crippen molar-refractivity contribution in [1.29, 1.82) is 0 Å². The lowest BCUT2D eigenvalue weighted by Crippen LogP contribution is -2.52. The fourth-order valence-corrected chi connectivity index (χ4v) is 6.26. The van der Waals surface area contributed by atoms with Crippen LogP contribution in [0.1, 0.15) is 41.5 Å². The zero-order valence-corrected chi connectivity index (χ0v) is 13.7. The molecule has 0 bridgehead atoms. The van der Waals surface area contributed by atoms with Crippen molar-refractivity contribution in [3.05, 3.63) is 22.5 Å². The van der Waals surface area contributed by atoms with Crippen LogP contribution in [0.25, 0.3) is 0 Å². The van der Waals surface area contributed by atoms with E-state index in [-0.39, 0.29) is 0 Å². The van der Waals surface area contributed by atoms with E-state index >= 15 is 0 Å². The van der Waals surface area contributed by atoms with E-state index in [1.54, 1.807) is 41.5 Å². The molecule has 0 saturated heterocycles. The Kier molecular flexibility index (Phi) is 3.54. The van der Waals surface area contributed by atoms with Crippen LogP contribution >= 0.6 is 0 Å². The van der Waals surface area contributed by atoms with Gasteiger partial charge in [0.25, 0.3) is 0 Å². The molecule has 0 radical (unpaired) electrons. The first-order valence-corrected chi connectivity index (χ1v) is 10.6. The number of allylic oxidation sites excluding steroid dienone is 2. The van der Waals surface area contributed by atoms with E-state index in [1.807, 2.05) is 0 Å². The van der Waals surface area contributed by atoms with Crippen LogP contribution in [0.4, 0.5) is 16.4 Å². The number of halogens is 4. The van der Waals surface area contributed by atoms with Gasteiger partial charge in [-0.3, -0.25) is 16.4 Å². The summed E-state index contributed by atoms with van der Waals surface area (Å²) in [6, 6.07) is 0. The Hall–Kier alpha value is -0.366. The maximum Gasteiger partial charge on any atom is 0.504 e. The molecule has 18 heavy (non-hydrogen) atoms. The Balaban J connectivity index is 3.48. The summed E-state index contributed by atoms with van der Waals surface area (Å²) in [5.74, 6) is 0. The zero-order chi connectivity index (χ0) is 14.6. The van der Waals surface area contributed by atoms with Crippen molar-refractivity contribution in [2.45, 2.75) is 41.5 Å². The van der Waals surface area contributed by atoms with Crippen LogP contribution in [0.2, 0.25) is 0 Å². The molecule has 1 aliphatic rings. The third kappa shape index (κ3) is 2.79. The van der Waals surface area contributed by atoms with Gasteiger partial charge in [-0.05, 0) is 33.4 Å². The van der Waals surface area contributed by atoms with E-state index in [0.29, 0.717) is 22.5 Å². The predicted molar refractivity (Wildman–Crippen MR) is 71.0 cm³/mol. The number of hydrogen-bond acceptors (Lipinski definition) is 0. The fraction of sp³-hybridized carbons (Fsp3) is 0.667. The van der Waals surface area contributed by atoms with Crippen LogP contribution in [-0.4, -0.2) is 16.5 Å². The molecule has 0 amide bonds. The molecular formula is C12H20F4Si2. The van der Waals surface area contributed by atoms with Gasteiger partial charge in [-0.2, -0.15) is 0 Å². The zero-order valence-electron chi connectivity index (χ0n) is 11.7. The summed E-state index contributed by atoms with van der Waals surface area (Å²) in [5.41, 5.74) is 0.982. The molecule has 0 N–H and O–H groups in total. The highest BCUT2D eigenvalue weighted by Gasteiger charge is 2.65. The average molecular weight is 296 g/mol. The Bertz CT molecular complexity index is 369. The van der Waals surface area contributed by atoms with E-state index < -0.39 is 27.3 Å². The first kappa shape index (κ1) is 15.7. The van der Waals surface area contributed by atoms with E-state index in [1.165, 1.54) is 0 Å². The highest BCUT2D eigenvalue weighted by molar-refractivity contribution is 7.35. The Morgan fingerprint density at radius 1 is 0.667 bits per heavy atom. The minimum atomic E-state index is -5.54. The van der Waals surface area contributed by atoms with Crippen LogP contribution in [0.5, 0.6) is 0 Å². The molecule has 0 unspecified atom stereocenters. The van der Waals surface area contributed by atoms with Gasteiger partial charge in [0.15, 0.2) is 0 Å². The molecule has 0 aromatic heterocycles. The van der Waals surface area contributed by atoms with Gasteiger partial charge in [-0.15, -0.1) is 0 Å². The standard InChI is InChI=1S/C12H20F4Si2/c1-11(2,3)9-7-17(13,14)18(15,16)8-10(9)12(4,5)6/h7-8H,1-6H3. The van der Waals surface area contributed by atoms with Crippen LogP contribution in [0, 0.1) is 10.8 Å². The molecule has 1 rings (SSSR count). The van der Waals surface area contributed by atoms with E-state index in [0.717, 1.165) is 0 Å². The maximum absolute atomic E-state index is 13.7. The number of rotatable bonds is 0. The van der Waals surface area contributed by atoms with Gasteiger partial charge in [0, 0.05) is 0 Å². The molecule has 0 atom stereocenters. The third-order valence-electron chi connectivity index (χ3n) is 3.00.